The summed E-state index contributed by atoms with van der Waals surface area (Å²) in [6.45, 7) is 2.01. The largest absolute Gasteiger partial charge is 1.00 e. The topological polar surface area (TPSA) is 71.2 Å². The summed E-state index contributed by atoms with van der Waals surface area (Å²) in [4.78, 5) is 21.8. The molecule has 6 nitrogen and oxygen atoms in total. The molecule has 0 atom stereocenters. The predicted molar refractivity (Wildman–Crippen MR) is 90.5 cm³/mol. The number of carboxylic acid groups (broad SMARTS) is 1. The van der Waals surface area contributed by atoms with E-state index in [9.17, 15) is 4.79 Å². The number of carboxylic acids is 1. The van der Waals surface area contributed by atoms with Crippen LogP contribution < -0.4 is 34.5 Å². The first-order valence-electron chi connectivity index (χ1n) is 7.38. The molecule has 0 aliphatic heterocycles. The molecule has 0 radical (unpaired) electrons. The van der Waals surface area contributed by atoms with E-state index in [1.165, 1.54) is 0 Å². The van der Waals surface area contributed by atoms with Crippen LogP contribution in [-0.4, -0.2) is 32.7 Å². The Morgan fingerprint density at radius 1 is 1.33 bits per heavy atom. The Labute approximate surface area is 163 Å². The molecule has 2 heterocycles. The number of fused-ring (bicyclic) bond motifs is 1. The summed E-state index contributed by atoms with van der Waals surface area (Å²) in [6, 6.07) is 7.15. The van der Waals surface area contributed by atoms with Crippen LogP contribution in [0, 0.1) is 0 Å². The Morgan fingerprint density at radius 2 is 2.08 bits per heavy atom. The van der Waals surface area contributed by atoms with Gasteiger partial charge in [0.1, 0.15) is 11.3 Å². The maximum absolute atomic E-state index is 11.1. The van der Waals surface area contributed by atoms with Crippen molar-refractivity contribution in [1.29, 1.82) is 0 Å². The number of rotatable bonds is 4. The number of aromatic nitrogens is 3. The van der Waals surface area contributed by atoms with E-state index in [0.29, 0.717) is 5.56 Å². The Kier molecular flexibility index (Phi) is 5.64. The molecule has 1 N–H and O–H groups in total. The molecule has 0 unspecified atom stereocenters. The number of hydrogen-bond donors (Lipinski definition) is 1. The molecule has 3 rings (SSSR count). The van der Waals surface area contributed by atoms with Gasteiger partial charge in [-0.05, 0) is 30.2 Å². The monoisotopic (exact) mass is 334 g/mol. The van der Waals surface area contributed by atoms with Crippen LogP contribution in [0.25, 0.3) is 11.0 Å². The molecule has 3 aromatic rings. The first kappa shape index (κ1) is 18.4. The Morgan fingerprint density at radius 3 is 2.75 bits per heavy atom. The van der Waals surface area contributed by atoms with E-state index in [2.05, 4.69) is 9.97 Å². The van der Waals surface area contributed by atoms with Gasteiger partial charge in [-0.15, -0.1) is 0 Å². The van der Waals surface area contributed by atoms with Crippen molar-refractivity contribution in [2.45, 2.75) is 13.3 Å². The van der Waals surface area contributed by atoms with Crippen LogP contribution in [0.5, 0.6) is 0 Å². The molecule has 1 aromatic carbocycles. The van der Waals surface area contributed by atoms with Gasteiger partial charge >= 0.3 is 35.5 Å². The van der Waals surface area contributed by atoms with Crippen molar-refractivity contribution in [1.82, 2.24) is 14.5 Å². The molecule has 0 aliphatic carbocycles. The quantitative estimate of drug-likeness (QED) is 0.686. The maximum Gasteiger partial charge on any atom is 1.00 e. The van der Waals surface area contributed by atoms with Gasteiger partial charge in [-0.1, -0.05) is 6.92 Å². The van der Waals surface area contributed by atoms with Crippen molar-refractivity contribution in [3.05, 3.63) is 47.9 Å². The van der Waals surface area contributed by atoms with Gasteiger partial charge in [-0.2, -0.15) is 0 Å². The minimum Gasteiger partial charge on any atom is -1.00 e. The fourth-order valence-corrected chi connectivity index (χ4v) is 2.66. The molecule has 0 bridgehead atoms. The first-order valence-corrected chi connectivity index (χ1v) is 7.38. The Hall–Kier alpha value is -1.89. The molecule has 0 fully saturated rings. The van der Waals surface area contributed by atoms with E-state index < -0.39 is 5.97 Å². The van der Waals surface area contributed by atoms with Crippen LogP contribution in [0.3, 0.4) is 0 Å². The fraction of sp³-hybridized carbons (Fsp3) is 0.235. The Balaban J connectivity index is 0.00000156. The smallest absolute Gasteiger partial charge is 1.00 e. The number of benzene rings is 1. The molecular weight excluding hydrogens is 315 g/mol. The molecule has 0 saturated carbocycles. The van der Waals surface area contributed by atoms with E-state index in [1.807, 2.05) is 42.6 Å². The standard InChI is InChI=1S/C17H18N4O2.Na.H/c1-4-11-7-12(17(22)23)5-6-14(11)21(3)16-8-15-13(9-18-16)19-10-20(15)2;;/h5-10H,4H2,1-3H3,(H,22,23);;/q;+1;-1. The average Bonchev–Trinajstić information content (AvgIpc) is 2.94. The van der Waals surface area contributed by atoms with E-state index >= 15 is 0 Å². The van der Waals surface area contributed by atoms with Gasteiger partial charge in [0.25, 0.3) is 0 Å². The SMILES string of the molecule is CCc1cc(C(=O)O)ccc1N(C)c1cc2c(cn1)ncn2C.[H-].[Na+]. The summed E-state index contributed by atoms with van der Waals surface area (Å²) in [6.07, 6.45) is 4.25. The number of aryl methyl sites for hydroxylation is 2. The summed E-state index contributed by atoms with van der Waals surface area (Å²) in [5.41, 5.74) is 4.07. The summed E-state index contributed by atoms with van der Waals surface area (Å²) in [5.74, 6) is -0.123. The zero-order valence-electron chi connectivity index (χ0n) is 15.3. The minimum atomic E-state index is -0.914. The summed E-state index contributed by atoms with van der Waals surface area (Å²) >= 11 is 0. The van der Waals surface area contributed by atoms with E-state index in [4.69, 9.17) is 5.11 Å². The van der Waals surface area contributed by atoms with Crippen molar-refractivity contribution in [3.8, 4) is 0 Å². The van der Waals surface area contributed by atoms with Gasteiger partial charge < -0.3 is 16.0 Å². The second kappa shape index (κ2) is 7.34. The number of nitrogens with zero attached hydrogens (tertiary/aromatic N) is 4. The van der Waals surface area contributed by atoms with E-state index in [1.54, 1.807) is 24.7 Å². The van der Waals surface area contributed by atoms with E-state index in [-0.39, 0.29) is 31.0 Å². The number of aromatic carboxylic acids is 1. The number of carbonyl (C=O) groups is 1. The molecule has 7 heteroatoms. The van der Waals surface area contributed by atoms with Crippen LogP contribution in [0.15, 0.2) is 36.8 Å². The summed E-state index contributed by atoms with van der Waals surface area (Å²) < 4.78 is 1.95. The maximum atomic E-state index is 11.1. The van der Waals surface area contributed by atoms with Crippen molar-refractivity contribution in [3.63, 3.8) is 0 Å². The zero-order chi connectivity index (χ0) is 16.6. The first-order chi connectivity index (χ1) is 11.0. The number of anilines is 2. The predicted octanol–water partition coefficient (Wildman–Crippen LogP) is 0.113. The molecule has 24 heavy (non-hydrogen) atoms. The van der Waals surface area contributed by atoms with Crippen LogP contribution >= 0.6 is 0 Å². The molecule has 0 saturated heterocycles. The second-order valence-electron chi connectivity index (χ2n) is 5.45. The molecule has 0 amide bonds. The summed E-state index contributed by atoms with van der Waals surface area (Å²) in [7, 11) is 3.87. The van der Waals surface area contributed by atoms with Crippen LogP contribution in [0.4, 0.5) is 11.5 Å². The second-order valence-corrected chi connectivity index (χ2v) is 5.45. The Bertz CT molecular complexity index is 897. The zero-order valence-corrected chi connectivity index (χ0v) is 16.3. The fourth-order valence-electron chi connectivity index (χ4n) is 2.66. The normalized spacial score (nSPS) is 10.5. The molecule has 120 valence electrons. The third-order valence-corrected chi connectivity index (χ3v) is 4.01. The van der Waals surface area contributed by atoms with Gasteiger partial charge in [0.15, 0.2) is 0 Å². The van der Waals surface area contributed by atoms with Crippen LogP contribution in [-0.2, 0) is 13.5 Å². The number of pyridine rings is 1. The molecular formula is C17H19N4NaO2. The summed E-state index contributed by atoms with van der Waals surface area (Å²) in [5, 5.41) is 9.14. The van der Waals surface area contributed by atoms with Gasteiger partial charge in [-0.25, -0.2) is 14.8 Å². The third-order valence-electron chi connectivity index (χ3n) is 4.01. The van der Waals surface area contributed by atoms with Crippen LogP contribution in [0.2, 0.25) is 0 Å². The molecule has 0 spiro atoms. The van der Waals surface area contributed by atoms with Gasteiger partial charge in [0.2, 0.25) is 0 Å². The molecule has 0 aliphatic rings. The molecule has 2 aromatic heterocycles. The van der Waals surface area contributed by atoms with Crippen molar-refractivity contribution < 1.29 is 40.9 Å². The van der Waals surface area contributed by atoms with Crippen molar-refractivity contribution >= 4 is 28.5 Å². The van der Waals surface area contributed by atoms with Crippen molar-refractivity contribution in [2.75, 3.05) is 11.9 Å². The van der Waals surface area contributed by atoms with Crippen LogP contribution in [0.1, 0.15) is 24.3 Å². The third kappa shape index (κ3) is 3.31. The van der Waals surface area contributed by atoms with Gasteiger partial charge in [0, 0.05) is 25.8 Å². The van der Waals surface area contributed by atoms with Gasteiger partial charge in [-0.3, -0.25) is 0 Å². The number of hydrogen-bond acceptors (Lipinski definition) is 4. The van der Waals surface area contributed by atoms with E-state index in [0.717, 1.165) is 34.5 Å². The average molecular weight is 334 g/mol. The van der Waals surface area contributed by atoms with Crippen molar-refractivity contribution in [2.24, 2.45) is 7.05 Å². The minimum absolute atomic E-state index is 0. The van der Waals surface area contributed by atoms with Gasteiger partial charge in [0.05, 0.1) is 23.6 Å². The number of imidazole rings is 1.